The Hall–Kier alpha value is -1.55. The van der Waals surface area contributed by atoms with Crippen LogP contribution in [0, 0.1) is 11.8 Å². The van der Waals surface area contributed by atoms with Gasteiger partial charge >= 0.3 is 0 Å². The van der Waals surface area contributed by atoms with E-state index in [0.717, 1.165) is 12.0 Å². The Morgan fingerprint density at radius 3 is 2.60 bits per heavy atom. The Bertz CT molecular complexity index is 354. The van der Waals surface area contributed by atoms with Gasteiger partial charge in [-0.05, 0) is 18.6 Å². The molecule has 0 amide bonds. The zero-order valence-corrected chi connectivity index (χ0v) is 9.12. The Labute approximate surface area is 91.5 Å². The van der Waals surface area contributed by atoms with E-state index in [9.17, 15) is 4.79 Å². The molecule has 0 aliphatic rings. The van der Waals surface area contributed by atoms with E-state index in [-0.39, 0.29) is 0 Å². The van der Waals surface area contributed by atoms with Crippen molar-refractivity contribution in [1.82, 2.24) is 0 Å². The highest BCUT2D eigenvalue weighted by Crippen LogP contribution is 1.98. The average molecular weight is 200 g/mol. The predicted octanol–water partition coefficient (Wildman–Crippen LogP) is 3.19. The van der Waals surface area contributed by atoms with Crippen LogP contribution in [0.25, 0.3) is 0 Å². The van der Waals surface area contributed by atoms with Crippen molar-refractivity contribution in [2.75, 3.05) is 0 Å². The highest BCUT2D eigenvalue weighted by atomic mass is 16.1. The number of carbonyl (C=O) groups is 1. The van der Waals surface area contributed by atoms with Crippen LogP contribution in [0.15, 0.2) is 30.3 Å². The molecule has 78 valence electrons. The van der Waals surface area contributed by atoms with Crippen molar-refractivity contribution in [3.8, 4) is 11.8 Å². The molecule has 0 radical (unpaired) electrons. The summed E-state index contributed by atoms with van der Waals surface area (Å²) >= 11 is 0. The number of benzene rings is 1. The molecular weight excluding hydrogens is 184 g/mol. The number of carbonyl (C=O) groups excluding carboxylic acids is 1. The van der Waals surface area contributed by atoms with E-state index in [0.29, 0.717) is 25.0 Å². The minimum absolute atomic E-state index is 0.319. The quantitative estimate of drug-likeness (QED) is 0.682. The first-order chi connectivity index (χ1) is 7.33. The van der Waals surface area contributed by atoms with Crippen LogP contribution in [0.3, 0.4) is 0 Å². The summed E-state index contributed by atoms with van der Waals surface area (Å²) in [6, 6.07) is 9.84. The molecule has 1 heteroatoms. The van der Waals surface area contributed by atoms with Crippen LogP contribution in [0.1, 0.15) is 38.2 Å². The first-order valence-electron chi connectivity index (χ1n) is 5.38. The molecule has 1 nitrogen and oxygen atoms in total. The largest absolute Gasteiger partial charge is 0.300 e. The molecule has 0 aliphatic carbocycles. The summed E-state index contributed by atoms with van der Waals surface area (Å²) in [4.78, 5) is 11.2. The topological polar surface area (TPSA) is 17.1 Å². The van der Waals surface area contributed by atoms with Gasteiger partial charge in [0, 0.05) is 24.8 Å². The lowest BCUT2D eigenvalue weighted by atomic mass is 10.1. The van der Waals surface area contributed by atoms with Crippen molar-refractivity contribution >= 4 is 5.78 Å². The van der Waals surface area contributed by atoms with Crippen molar-refractivity contribution in [1.29, 1.82) is 0 Å². The zero-order valence-electron chi connectivity index (χ0n) is 9.12. The van der Waals surface area contributed by atoms with Gasteiger partial charge in [0.1, 0.15) is 5.78 Å². The molecule has 0 aromatic heterocycles. The van der Waals surface area contributed by atoms with Gasteiger partial charge in [-0.1, -0.05) is 37.0 Å². The molecule has 1 aromatic rings. The lowest BCUT2D eigenvalue weighted by Gasteiger charge is -1.92. The SMILES string of the molecule is CCCC(=O)CCC#Cc1ccccc1. The molecule has 0 saturated heterocycles. The van der Waals surface area contributed by atoms with Gasteiger partial charge in [0.05, 0.1) is 0 Å². The molecule has 0 saturated carbocycles. The molecule has 0 fully saturated rings. The maximum atomic E-state index is 11.2. The smallest absolute Gasteiger partial charge is 0.133 e. The first kappa shape index (κ1) is 11.5. The van der Waals surface area contributed by atoms with E-state index in [4.69, 9.17) is 0 Å². The van der Waals surface area contributed by atoms with Gasteiger partial charge in [-0.3, -0.25) is 4.79 Å². The van der Waals surface area contributed by atoms with Crippen LogP contribution in [-0.2, 0) is 4.79 Å². The maximum Gasteiger partial charge on any atom is 0.133 e. The summed E-state index contributed by atoms with van der Waals surface area (Å²) in [6.45, 7) is 2.02. The fourth-order valence-electron chi connectivity index (χ4n) is 1.29. The number of rotatable bonds is 4. The van der Waals surface area contributed by atoms with Crippen molar-refractivity contribution in [2.24, 2.45) is 0 Å². The molecule has 0 spiro atoms. The fraction of sp³-hybridized carbons (Fsp3) is 0.357. The summed E-state index contributed by atoms with van der Waals surface area (Å²) in [5.74, 6) is 6.38. The predicted molar refractivity (Wildman–Crippen MR) is 62.5 cm³/mol. The molecule has 1 aromatic carbocycles. The number of hydrogen-bond donors (Lipinski definition) is 0. The van der Waals surface area contributed by atoms with E-state index in [1.807, 2.05) is 37.3 Å². The molecule has 0 unspecified atom stereocenters. The number of Topliss-reactive ketones (excluding diaryl/α,β-unsaturated/α-hetero) is 1. The monoisotopic (exact) mass is 200 g/mol. The summed E-state index contributed by atoms with van der Waals surface area (Å²) < 4.78 is 0. The zero-order chi connectivity index (χ0) is 10.9. The van der Waals surface area contributed by atoms with Crippen LogP contribution in [0.2, 0.25) is 0 Å². The summed E-state index contributed by atoms with van der Waals surface area (Å²) in [5, 5.41) is 0. The van der Waals surface area contributed by atoms with Gasteiger partial charge in [0.2, 0.25) is 0 Å². The second-order valence-corrected chi connectivity index (χ2v) is 3.46. The van der Waals surface area contributed by atoms with E-state index < -0.39 is 0 Å². The number of ketones is 1. The molecule has 15 heavy (non-hydrogen) atoms. The van der Waals surface area contributed by atoms with Gasteiger partial charge in [-0.15, -0.1) is 0 Å². The average Bonchev–Trinajstić information content (AvgIpc) is 2.26. The Morgan fingerprint density at radius 2 is 1.93 bits per heavy atom. The molecule has 0 heterocycles. The van der Waals surface area contributed by atoms with Gasteiger partial charge in [0.25, 0.3) is 0 Å². The minimum atomic E-state index is 0.319. The summed E-state index contributed by atoms with van der Waals surface area (Å²) in [6.07, 6.45) is 2.89. The molecule has 1 rings (SSSR count). The van der Waals surface area contributed by atoms with Crippen LogP contribution in [0.4, 0.5) is 0 Å². The molecule has 0 bridgehead atoms. The highest BCUT2D eigenvalue weighted by molar-refractivity contribution is 5.78. The first-order valence-corrected chi connectivity index (χ1v) is 5.38. The third-order valence-corrected chi connectivity index (χ3v) is 2.06. The van der Waals surface area contributed by atoms with E-state index in [1.54, 1.807) is 0 Å². The Morgan fingerprint density at radius 1 is 1.20 bits per heavy atom. The standard InChI is InChI=1S/C14H16O/c1-2-8-14(15)12-7-6-11-13-9-4-3-5-10-13/h3-5,9-10H,2,7-8,12H2,1H3. The van der Waals surface area contributed by atoms with E-state index in [1.165, 1.54) is 0 Å². The molecular formula is C14H16O. The third kappa shape index (κ3) is 5.02. The lowest BCUT2D eigenvalue weighted by molar-refractivity contribution is -0.119. The van der Waals surface area contributed by atoms with Crippen molar-refractivity contribution in [3.63, 3.8) is 0 Å². The second-order valence-electron chi connectivity index (χ2n) is 3.46. The maximum absolute atomic E-state index is 11.2. The Kier molecular flexibility index (Phi) is 5.25. The van der Waals surface area contributed by atoms with Gasteiger partial charge in [-0.25, -0.2) is 0 Å². The van der Waals surface area contributed by atoms with Crippen molar-refractivity contribution in [2.45, 2.75) is 32.6 Å². The van der Waals surface area contributed by atoms with Crippen molar-refractivity contribution < 1.29 is 4.79 Å². The normalized spacial score (nSPS) is 9.13. The highest BCUT2D eigenvalue weighted by Gasteiger charge is 1.96. The van der Waals surface area contributed by atoms with Gasteiger partial charge < -0.3 is 0 Å². The summed E-state index contributed by atoms with van der Waals surface area (Å²) in [5.41, 5.74) is 1.01. The van der Waals surface area contributed by atoms with Crippen LogP contribution < -0.4 is 0 Å². The van der Waals surface area contributed by atoms with Gasteiger partial charge in [0.15, 0.2) is 0 Å². The molecule has 0 atom stereocenters. The summed E-state index contributed by atoms with van der Waals surface area (Å²) in [7, 11) is 0. The van der Waals surface area contributed by atoms with Crippen LogP contribution in [-0.4, -0.2) is 5.78 Å². The molecule has 0 N–H and O–H groups in total. The Balaban J connectivity index is 2.32. The van der Waals surface area contributed by atoms with E-state index in [2.05, 4.69) is 11.8 Å². The third-order valence-electron chi connectivity index (χ3n) is 2.06. The second kappa shape index (κ2) is 6.84. The number of hydrogen-bond acceptors (Lipinski definition) is 1. The molecule has 0 aliphatic heterocycles. The lowest BCUT2D eigenvalue weighted by Crippen LogP contribution is -1.94. The van der Waals surface area contributed by atoms with Gasteiger partial charge in [-0.2, -0.15) is 0 Å². The fourth-order valence-corrected chi connectivity index (χ4v) is 1.29. The van der Waals surface area contributed by atoms with Crippen molar-refractivity contribution in [3.05, 3.63) is 35.9 Å². The minimum Gasteiger partial charge on any atom is -0.300 e. The van der Waals surface area contributed by atoms with E-state index >= 15 is 0 Å². The van der Waals surface area contributed by atoms with Crippen LogP contribution in [0.5, 0.6) is 0 Å². The van der Waals surface area contributed by atoms with Crippen LogP contribution >= 0.6 is 0 Å².